The topological polar surface area (TPSA) is 58.2 Å². The smallest absolute Gasteiger partial charge is 0.272 e. The Morgan fingerprint density at radius 1 is 1.00 bits per heavy atom. The van der Waals surface area contributed by atoms with Gasteiger partial charge in [0.2, 0.25) is 5.91 Å². The molecule has 2 amide bonds. The fraction of sp³-hybridized carbons (Fsp3) is 0.0667. The molecule has 4 nitrogen and oxygen atoms in total. The molecular formula is C15H11ClF2N2O2. The lowest BCUT2D eigenvalue weighted by molar-refractivity contribution is -0.121. The number of hydrazine groups is 1. The number of rotatable bonds is 3. The van der Waals surface area contributed by atoms with Crippen molar-refractivity contribution >= 4 is 23.4 Å². The highest BCUT2D eigenvalue weighted by molar-refractivity contribution is 6.30. The molecule has 0 aromatic heterocycles. The first-order valence-electron chi connectivity index (χ1n) is 6.24. The Balaban J connectivity index is 1.91. The van der Waals surface area contributed by atoms with Crippen molar-refractivity contribution in [1.82, 2.24) is 10.9 Å². The molecule has 7 heteroatoms. The summed E-state index contributed by atoms with van der Waals surface area (Å²) in [6, 6.07) is 9.06. The zero-order valence-corrected chi connectivity index (χ0v) is 12.0. The van der Waals surface area contributed by atoms with Crippen LogP contribution in [0.5, 0.6) is 0 Å². The van der Waals surface area contributed by atoms with E-state index in [4.69, 9.17) is 11.6 Å². The summed E-state index contributed by atoms with van der Waals surface area (Å²) in [6.45, 7) is 0. The summed E-state index contributed by atoms with van der Waals surface area (Å²) >= 11 is 5.72. The van der Waals surface area contributed by atoms with Gasteiger partial charge in [-0.3, -0.25) is 20.4 Å². The molecule has 0 heterocycles. The minimum atomic E-state index is -0.943. The minimum Gasteiger partial charge on any atom is -0.273 e. The van der Waals surface area contributed by atoms with Crippen LogP contribution in [0.1, 0.15) is 15.9 Å². The molecule has 0 unspecified atom stereocenters. The van der Waals surface area contributed by atoms with Crippen LogP contribution in [0, 0.1) is 11.6 Å². The van der Waals surface area contributed by atoms with Crippen molar-refractivity contribution in [3.8, 4) is 0 Å². The number of benzene rings is 2. The molecule has 2 rings (SSSR count). The largest absolute Gasteiger partial charge is 0.273 e. The van der Waals surface area contributed by atoms with E-state index in [-0.39, 0.29) is 6.42 Å². The van der Waals surface area contributed by atoms with E-state index in [1.807, 2.05) is 5.43 Å². The Labute approximate surface area is 130 Å². The second-order valence-electron chi connectivity index (χ2n) is 4.43. The fourth-order valence-corrected chi connectivity index (χ4v) is 1.82. The van der Waals surface area contributed by atoms with Gasteiger partial charge in [-0.15, -0.1) is 0 Å². The van der Waals surface area contributed by atoms with Crippen LogP contribution in [-0.4, -0.2) is 11.8 Å². The first-order chi connectivity index (χ1) is 10.5. The van der Waals surface area contributed by atoms with Gasteiger partial charge < -0.3 is 0 Å². The standard InChI is InChI=1S/C15H11ClF2N2O2/c16-10-3-1-9(2-4-10)7-14(21)19-20-15(22)12-8-11(17)5-6-13(12)18/h1-6,8H,7H2,(H,19,21)(H,20,22). The number of carbonyl (C=O) groups is 2. The van der Waals surface area contributed by atoms with E-state index in [9.17, 15) is 18.4 Å². The van der Waals surface area contributed by atoms with Gasteiger partial charge in [0.1, 0.15) is 11.6 Å². The number of halogens is 3. The summed E-state index contributed by atoms with van der Waals surface area (Å²) in [5, 5.41) is 0.541. The number of amides is 2. The quantitative estimate of drug-likeness (QED) is 0.853. The summed E-state index contributed by atoms with van der Waals surface area (Å²) in [4.78, 5) is 23.3. The van der Waals surface area contributed by atoms with Crippen LogP contribution in [-0.2, 0) is 11.2 Å². The predicted molar refractivity (Wildman–Crippen MR) is 77.1 cm³/mol. The molecule has 114 valence electrons. The molecule has 22 heavy (non-hydrogen) atoms. The Morgan fingerprint density at radius 3 is 2.36 bits per heavy atom. The van der Waals surface area contributed by atoms with Gasteiger partial charge in [-0.05, 0) is 35.9 Å². The molecule has 0 bridgehead atoms. The van der Waals surface area contributed by atoms with Gasteiger partial charge in [0.25, 0.3) is 5.91 Å². The van der Waals surface area contributed by atoms with Crippen molar-refractivity contribution in [3.05, 3.63) is 70.2 Å². The maximum atomic E-state index is 13.4. The van der Waals surface area contributed by atoms with Crippen LogP contribution in [0.15, 0.2) is 42.5 Å². The van der Waals surface area contributed by atoms with Gasteiger partial charge in [0.15, 0.2) is 0 Å². The van der Waals surface area contributed by atoms with Crippen LogP contribution in [0.2, 0.25) is 5.02 Å². The van der Waals surface area contributed by atoms with Gasteiger partial charge in [-0.1, -0.05) is 23.7 Å². The third-order valence-electron chi connectivity index (χ3n) is 2.77. The van der Waals surface area contributed by atoms with Crippen LogP contribution < -0.4 is 10.9 Å². The van der Waals surface area contributed by atoms with Gasteiger partial charge in [0, 0.05) is 5.02 Å². The molecule has 0 aliphatic carbocycles. The lowest BCUT2D eigenvalue weighted by Gasteiger charge is -2.08. The van der Waals surface area contributed by atoms with Crippen LogP contribution in [0.3, 0.4) is 0 Å². The van der Waals surface area contributed by atoms with Gasteiger partial charge >= 0.3 is 0 Å². The van der Waals surface area contributed by atoms with E-state index < -0.39 is 29.0 Å². The molecule has 0 atom stereocenters. The van der Waals surface area contributed by atoms with Crippen LogP contribution >= 0.6 is 11.6 Å². The molecule has 2 aromatic rings. The number of carbonyl (C=O) groups excluding carboxylic acids is 2. The second kappa shape index (κ2) is 7.00. The van der Waals surface area contributed by atoms with Crippen molar-refractivity contribution in [2.45, 2.75) is 6.42 Å². The van der Waals surface area contributed by atoms with E-state index in [1.54, 1.807) is 24.3 Å². The van der Waals surface area contributed by atoms with Crippen molar-refractivity contribution in [3.63, 3.8) is 0 Å². The van der Waals surface area contributed by atoms with Crippen molar-refractivity contribution in [2.75, 3.05) is 0 Å². The summed E-state index contributed by atoms with van der Waals surface area (Å²) in [6.07, 6.45) is 0.00306. The van der Waals surface area contributed by atoms with E-state index in [1.165, 1.54) is 0 Å². The molecule has 0 saturated carbocycles. The molecule has 0 fully saturated rings. The highest BCUT2D eigenvalue weighted by Gasteiger charge is 2.13. The van der Waals surface area contributed by atoms with E-state index in [2.05, 4.69) is 5.43 Å². The molecule has 0 aliphatic heterocycles. The SMILES string of the molecule is O=C(Cc1ccc(Cl)cc1)NNC(=O)c1cc(F)ccc1F. The molecule has 0 saturated heterocycles. The van der Waals surface area contributed by atoms with Crippen LogP contribution in [0.25, 0.3) is 0 Å². The molecule has 2 aromatic carbocycles. The number of hydrogen-bond donors (Lipinski definition) is 2. The average Bonchev–Trinajstić information content (AvgIpc) is 2.49. The number of hydrogen-bond acceptors (Lipinski definition) is 2. The monoisotopic (exact) mass is 324 g/mol. The van der Waals surface area contributed by atoms with E-state index >= 15 is 0 Å². The van der Waals surface area contributed by atoms with E-state index in [0.29, 0.717) is 10.6 Å². The second-order valence-corrected chi connectivity index (χ2v) is 4.87. The summed E-state index contributed by atoms with van der Waals surface area (Å²) in [5.74, 6) is -3.08. The first-order valence-corrected chi connectivity index (χ1v) is 6.62. The Hall–Kier alpha value is -2.47. The summed E-state index contributed by atoms with van der Waals surface area (Å²) in [7, 11) is 0. The predicted octanol–water partition coefficient (Wildman–Crippen LogP) is 2.62. The average molecular weight is 325 g/mol. The number of nitrogens with one attached hydrogen (secondary N) is 2. The summed E-state index contributed by atoms with van der Waals surface area (Å²) < 4.78 is 26.4. The molecular weight excluding hydrogens is 314 g/mol. The van der Waals surface area contributed by atoms with E-state index in [0.717, 1.165) is 18.2 Å². The van der Waals surface area contributed by atoms with Gasteiger partial charge in [-0.25, -0.2) is 8.78 Å². The molecule has 0 spiro atoms. The van der Waals surface area contributed by atoms with Gasteiger partial charge in [0.05, 0.1) is 12.0 Å². The van der Waals surface area contributed by atoms with Gasteiger partial charge in [-0.2, -0.15) is 0 Å². The zero-order chi connectivity index (χ0) is 16.1. The first kappa shape index (κ1) is 15.9. The van der Waals surface area contributed by atoms with Crippen molar-refractivity contribution in [2.24, 2.45) is 0 Å². The third-order valence-corrected chi connectivity index (χ3v) is 3.02. The maximum absolute atomic E-state index is 13.4. The van der Waals surface area contributed by atoms with Crippen LogP contribution in [0.4, 0.5) is 8.78 Å². The normalized spacial score (nSPS) is 10.1. The Kier molecular flexibility index (Phi) is 5.06. The summed E-state index contributed by atoms with van der Waals surface area (Å²) in [5.41, 5.74) is 4.35. The fourth-order valence-electron chi connectivity index (χ4n) is 1.70. The zero-order valence-electron chi connectivity index (χ0n) is 11.2. The molecule has 0 radical (unpaired) electrons. The Bertz CT molecular complexity index is 705. The molecule has 2 N–H and O–H groups in total. The Morgan fingerprint density at radius 2 is 1.68 bits per heavy atom. The lowest BCUT2D eigenvalue weighted by Crippen LogP contribution is -2.42. The molecule has 0 aliphatic rings. The third kappa shape index (κ3) is 4.26. The lowest BCUT2D eigenvalue weighted by atomic mass is 10.1. The van der Waals surface area contributed by atoms with Crippen molar-refractivity contribution in [1.29, 1.82) is 0 Å². The minimum absolute atomic E-state index is 0.00306. The maximum Gasteiger partial charge on any atom is 0.272 e. The van der Waals surface area contributed by atoms with Crippen molar-refractivity contribution < 1.29 is 18.4 Å². The highest BCUT2D eigenvalue weighted by Crippen LogP contribution is 2.10. The highest BCUT2D eigenvalue weighted by atomic mass is 35.5.